The van der Waals surface area contributed by atoms with Gasteiger partial charge in [0.1, 0.15) is 0 Å². The lowest BCUT2D eigenvalue weighted by Gasteiger charge is -2.62. The number of nitrogens with one attached hydrogen (secondary N) is 1. The summed E-state index contributed by atoms with van der Waals surface area (Å²) in [7, 11) is 0. The Hall–Kier alpha value is -0.570. The quantitative estimate of drug-likeness (QED) is 0.629. The maximum atomic E-state index is 11.0. The molecule has 3 saturated carbocycles. The third-order valence-corrected chi connectivity index (χ3v) is 2.95. The Morgan fingerprint density at radius 2 is 2.25 bits per heavy atom. The van der Waals surface area contributed by atoms with Crippen LogP contribution in [0.3, 0.4) is 0 Å². The molecule has 0 unspecified atom stereocenters. The average Bonchev–Trinajstić information content (AvgIpc) is 1.81. The molecule has 3 heteroatoms. The van der Waals surface area contributed by atoms with Crippen LogP contribution in [0.4, 0.5) is 0 Å². The zero-order valence-electron chi connectivity index (χ0n) is 7.43. The highest BCUT2D eigenvalue weighted by molar-refractivity contribution is 5.71. The molecule has 3 aliphatic carbocycles. The second-order valence-corrected chi connectivity index (χ2v) is 3.92. The fourth-order valence-corrected chi connectivity index (χ4v) is 2.17. The van der Waals surface area contributed by atoms with Crippen LogP contribution in [0.15, 0.2) is 0 Å². The van der Waals surface area contributed by atoms with Gasteiger partial charge in [-0.15, -0.1) is 0 Å². The van der Waals surface area contributed by atoms with Gasteiger partial charge < -0.3 is 10.1 Å². The van der Waals surface area contributed by atoms with E-state index in [-0.39, 0.29) is 5.97 Å². The summed E-state index contributed by atoms with van der Waals surface area (Å²) in [5.41, 5.74) is 0.345. The molecule has 0 radical (unpaired) electrons. The smallest absolute Gasteiger partial charge is 0.319 e. The van der Waals surface area contributed by atoms with E-state index >= 15 is 0 Å². The molecule has 0 saturated heterocycles. The van der Waals surface area contributed by atoms with Gasteiger partial charge in [0, 0.05) is 5.54 Å². The molecule has 1 N–H and O–H groups in total. The van der Waals surface area contributed by atoms with Crippen molar-refractivity contribution in [2.75, 3.05) is 13.2 Å². The number of carbonyl (C=O) groups excluding carboxylic acids is 1. The molecule has 0 aliphatic heterocycles. The monoisotopic (exact) mass is 169 g/mol. The molecule has 3 fully saturated rings. The average molecular weight is 169 g/mol. The van der Waals surface area contributed by atoms with Gasteiger partial charge in [0.15, 0.2) is 0 Å². The molecule has 0 amide bonds. The van der Waals surface area contributed by atoms with E-state index in [1.54, 1.807) is 0 Å². The minimum Gasteiger partial charge on any atom is -0.465 e. The first-order chi connectivity index (χ1) is 5.74. The Kier molecular flexibility index (Phi) is 1.83. The predicted molar refractivity (Wildman–Crippen MR) is 44.7 cm³/mol. The largest absolute Gasteiger partial charge is 0.465 e. The number of esters is 1. The second kappa shape index (κ2) is 2.73. The van der Waals surface area contributed by atoms with Gasteiger partial charge in [-0.25, -0.2) is 0 Å². The van der Waals surface area contributed by atoms with Gasteiger partial charge in [0.25, 0.3) is 0 Å². The molecule has 0 spiro atoms. The van der Waals surface area contributed by atoms with Crippen molar-refractivity contribution < 1.29 is 9.53 Å². The van der Waals surface area contributed by atoms with E-state index < -0.39 is 0 Å². The fourth-order valence-electron chi connectivity index (χ4n) is 2.17. The third kappa shape index (κ3) is 1.22. The zero-order valence-corrected chi connectivity index (χ0v) is 7.43. The highest BCUT2D eigenvalue weighted by Crippen LogP contribution is 2.56. The third-order valence-electron chi connectivity index (χ3n) is 2.95. The van der Waals surface area contributed by atoms with Crippen LogP contribution in [-0.2, 0) is 9.53 Å². The lowest BCUT2D eigenvalue weighted by molar-refractivity contribution is -0.144. The number of hydrogen-bond donors (Lipinski definition) is 1. The summed E-state index contributed by atoms with van der Waals surface area (Å²) >= 11 is 0. The van der Waals surface area contributed by atoms with Crippen molar-refractivity contribution in [2.24, 2.45) is 5.92 Å². The van der Waals surface area contributed by atoms with E-state index in [1.807, 2.05) is 6.92 Å². The molecule has 0 aromatic heterocycles. The summed E-state index contributed by atoms with van der Waals surface area (Å²) < 4.78 is 4.82. The molecule has 12 heavy (non-hydrogen) atoms. The predicted octanol–water partition coefficient (Wildman–Crippen LogP) is 0.692. The van der Waals surface area contributed by atoms with Gasteiger partial charge in [0.05, 0.1) is 13.2 Å². The zero-order chi connectivity index (χ0) is 8.60. The molecule has 3 rings (SSSR count). The Balaban J connectivity index is 1.64. The van der Waals surface area contributed by atoms with Crippen molar-refractivity contribution in [3.8, 4) is 0 Å². The molecule has 68 valence electrons. The molecule has 3 aliphatic rings. The highest BCUT2D eigenvalue weighted by Gasteiger charge is 2.56. The summed E-state index contributed by atoms with van der Waals surface area (Å²) in [6.45, 7) is 2.70. The van der Waals surface area contributed by atoms with E-state index in [9.17, 15) is 4.79 Å². The summed E-state index contributed by atoms with van der Waals surface area (Å²) in [5, 5.41) is 3.27. The molecule has 3 nitrogen and oxygen atoms in total. The highest BCUT2D eigenvalue weighted by atomic mass is 16.5. The summed E-state index contributed by atoms with van der Waals surface area (Å²) in [4.78, 5) is 11.0. The van der Waals surface area contributed by atoms with Gasteiger partial charge in [-0.2, -0.15) is 0 Å². The van der Waals surface area contributed by atoms with Gasteiger partial charge in [-0.05, 0) is 32.1 Å². The molecule has 0 aromatic carbocycles. The first-order valence-corrected chi connectivity index (χ1v) is 4.65. The normalized spacial score (nSPS) is 36.6. The lowest BCUT2D eigenvalue weighted by atomic mass is 9.50. The van der Waals surface area contributed by atoms with E-state index in [0.29, 0.717) is 18.7 Å². The van der Waals surface area contributed by atoms with Crippen molar-refractivity contribution in [3.05, 3.63) is 0 Å². The number of rotatable bonds is 4. The van der Waals surface area contributed by atoms with Gasteiger partial charge in [-0.3, -0.25) is 4.79 Å². The van der Waals surface area contributed by atoms with Crippen molar-refractivity contribution in [3.63, 3.8) is 0 Å². The van der Waals surface area contributed by atoms with Crippen LogP contribution in [0.2, 0.25) is 0 Å². The number of ether oxygens (including phenoxy) is 1. The van der Waals surface area contributed by atoms with Crippen LogP contribution < -0.4 is 5.32 Å². The van der Waals surface area contributed by atoms with Crippen molar-refractivity contribution in [2.45, 2.75) is 31.7 Å². The minimum absolute atomic E-state index is 0.123. The van der Waals surface area contributed by atoms with Gasteiger partial charge in [0.2, 0.25) is 0 Å². The van der Waals surface area contributed by atoms with Gasteiger partial charge >= 0.3 is 5.97 Å². The molecule has 2 bridgehead atoms. The van der Waals surface area contributed by atoms with E-state index in [2.05, 4.69) is 5.32 Å². The van der Waals surface area contributed by atoms with E-state index in [0.717, 1.165) is 5.92 Å². The Morgan fingerprint density at radius 1 is 1.58 bits per heavy atom. The Labute approximate surface area is 72.5 Å². The maximum Gasteiger partial charge on any atom is 0.319 e. The Morgan fingerprint density at radius 3 is 2.67 bits per heavy atom. The maximum absolute atomic E-state index is 11.0. The van der Waals surface area contributed by atoms with E-state index in [4.69, 9.17) is 4.74 Å². The SMILES string of the molecule is CCOC(=O)CNC12CC(C1)C2. The minimum atomic E-state index is -0.123. The van der Waals surface area contributed by atoms with Crippen LogP contribution in [0.1, 0.15) is 26.2 Å². The summed E-state index contributed by atoms with van der Waals surface area (Å²) in [5.74, 6) is 0.835. The van der Waals surface area contributed by atoms with Crippen molar-refractivity contribution in [1.29, 1.82) is 0 Å². The molecular formula is C9H15NO2. The fraction of sp³-hybridized carbons (Fsp3) is 0.889. The molecule has 0 heterocycles. The molecular weight excluding hydrogens is 154 g/mol. The van der Waals surface area contributed by atoms with Gasteiger partial charge in [-0.1, -0.05) is 0 Å². The number of carbonyl (C=O) groups is 1. The first-order valence-electron chi connectivity index (χ1n) is 4.65. The number of hydrogen-bond acceptors (Lipinski definition) is 3. The van der Waals surface area contributed by atoms with Crippen LogP contribution in [0, 0.1) is 5.92 Å². The molecule has 0 atom stereocenters. The Bertz CT molecular complexity index is 186. The lowest BCUT2D eigenvalue weighted by Crippen LogP contribution is -2.67. The van der Waals surface area contributed by atoms with Crippen molar-refractivity contribution in [1.82, 2.24) is 5.32 Å². The topological polar surface area (TPSA) is 38.3 Å². The first kappa shape index (κ1) is 8.05. The van der Waals surface area contributed by atoms with Crippen molar-refractivity contribution >= 4 is 5.97 Å². The summed E-state index contributed by atoms with van der Waals surface area (Å²) in [6.07, 6.45) is 3.81. The van der Waals surface area contributed by atoms with Crippen LogP contribution >= 0.6 is 0 Å². The van der Waals surface area contributed by atoms with Crippen LogP contribution in [-0.4, -0.2) is 24.7 Å². The summed E-state index contributed by atoms with van der Waals surface area (Å²) in [6, 6.07) is 0. The van der Waals surface area contributed by atoms with Crippen LogP contribution in [0.25, 0.3) is 0 Å². The second-order valence-electron chi connectivity index (χ2n) is 3.92. The standard InChI is InChI=1S/C9H15NO2/c1-2-12-8(11)6-10-9-3-7(4-9)5-9/h7,10H,2-6H2,1H3. The van der Waals surface area contributed by atoms with E-state index in [1.165, 1.54) is 19.3 Å². The molecule has 0 aromatic rings. The van der Waals surface area contributed by atoms with Crippen LogP contribution in [0.5, 0.6) is 0 Å².